The van der Waals surface area contributed by atoms with Crippen LogP contribution in [0.15, 0.2) is 63.5 Å². The van der Waals surface area contributed by atoms with Crippen LogP contribution in [0, 0.1) is 10.1 Å². The zero-order valence-corrected chi connectivity index (χ0v) is 20.8. The quantitative estimate of drug-likeness (QED) is 0.273. The van der Waals surface area contributed by atoms with E-state index in [1.165, 1.54) is 30.9 Å². The highest BCUT2D eigenvalue weighted by molar-refractivity contribution is 7.07. The Balaban J connectivity index is 1.95. The molecule has 2 aromatic carbocycles. The fourth-order valence-electron chi connectivity index (χ4n) is 3.97. The predicted octanol–water partition coefficient (Wildman–Crippen LogP) is 2.72. The Morgan fingerprint density at radius 2 is 1.92 bits per heavy atom. The first-order chi connectivity index (χ1) is 17.3. The molecular formula is C25H23N3O7S. The summed E-state index contributed by atoms with van der Waals surface area (Å²) in [6.07, 6.45) is 1.64. The van der Waals surface area contributed by atoms with Gasteiger partial charge in [-0.3, -0.25) is 19.5 Å². The fourth-order valence-corrected chi connectivity index (χ4v) is 5.02. The third kappa shape index (κ3) is 4.52. The second-order valence-corrected chi connectivity index (χ2v) is 8.77. The first-order valence-electron chi connectivity index (χ1n) is 10.9. The van der Waals surface area contributed by atoms with Crippen LogP contribution in [0.4, 0.5) is 5.69 Å². The fraction of sp³-hybridized carbons (Fsp3) is 0.240. The monoisotopic (exact) mass is 509 g/mol. The van der Waals surface area contributed by atoms with Gasteiger partial charge in [0.25, 0.3) is 11.2 Å². The van der Waals surface area contributed by atoms with Crippen molar-refractivity contribution in [2.45, 2.75) is 19.9 Å². The molecule has 0 N–H and O–H groups in total. The molecule has 0 radical (unpaired) electrons. The number of ether oxygens (including phenoxy) is 3. The lowest BCUT2D eigenvalue weighted by atomic mass is 9.95. The summed E-state index contributed by atoms with van der Waals surface area (Å²) in [5.74, 6) is 0.409. The van der Waals surface area contributed by atoms with Gasteiger partial charge in [-0.2, -0.15) is 0 Å². The van der Waals surface area contributed by atoms with Crippen molar-refractivity contribution in [1.82, 2.24) is 4.57 Å². The van der Waals surface area contributed by atoms with Crippen LogP contribution in [0.1, 0.15) is 31.0 Å². The average molecular weight is 510 g/mol. The molecule has 1 unspecified atom stereocenters. The molecule has 1 aliphatic heterocycles. The Morgan fingerprint density at radius 1 is 1.19 bits per heavy atom. The van der Waals surface area contributed by atoms with Gasteiger partial charge in [0, 0.05) is 23.8 Å². The first-order valence-corrected chi connectivity index (χ1v) is 11.8. The number of esters is 1. The molecule has 0 aliphatic carbocycles. The average Bonchev–Trinajstić information content (AvgIpc) is 3.17. The number of hydrogen-bond acceptors (Lipinski definition) is 9. The third-order valence-corrected chi connectivity index (χ3v) is 6.64. The minimum Gasteiger partial charge on any atom is -0.497 e. The number of nitro groups is 1. The molecule has 0 amide bonds. The molecule has 36 heavy (non-hydrogen) atoms. The minimum absolute atomic E-state index is 0.0464. The van der Waals surface area contributed by atoms with Crippen LogP contribution in [0.3, 0.4) is 0 Å². The number of thiazole rings is 1. The van der Waals surface area contributed by atoms with Gasteiger partial charge in [-0.1, -0.05) is 11.3 Å². The van der Waals surface area contributed by atoms with E-state index in [1.54, 1.807) is 50.3 Å². The molecule has 0 saturated carbocycles. The maximum atomic E-state index is 13.7. The van der Waals surface area contributed by atoms with Gasteiger partial charge in [0.1, 0.15) is 17.5 Å². The van der Waals surface area contributed by atoms with Crippen molar-refractivity contribution in [2.75, 3.05) is 20.8 Å². The van der Waals surface area contributed by atoms with Crippen LogP contribution in [0.2, 0.25) is 0 Å². The molecule has 0 fully saturated rings. The van der Waals surface area contributed by atoms with Crippen LogP contribution >= 0.6 is 11.3 Å². The number of fused-ring (bicyclic) bond motifs is 1. The van der Waals surface area contributed by atoms with Gasteiger partial charge < -0.3 is 14.2 Å². The predicted molar refractivity (Wildman–Crippen MR) is 133 cm³/mol. The van der Waals surface area contributed by atoms with E-state index < -0.39 is 16.9 Å². The Morgan fingerprint density at radius 3 is 2.53 bits per heavy atom. The van der Waals surface area contributed by atoms with Gasteiger partial charge in [-0.25, -0.2) is 9.79 Å². The number of nitro benzene ring substituents is 1. The van der Waals surface area contributed by atoms with E-state index in [0.717, 1.165) is 11.3 Å². The summed E-state index contributed by atoms with van der Waals surface area (Å²) >= 11 is 1.16. The number of non-ortho nitro benzene ring substituents is 1. The summed E-state index contributed by atoms with van der Waals surface area (Å²) in [4.78, 5) is 42.1. The molecule has 0 saturated heterocycles. The van der Waals surface area contributed by atoms with Crippen LogP contribution in [-0.2, 0) is 9.53 Å². The molecule has 3 aromatic rings. The summed E-state index contributed by atoms with van der Waals surface area (Å²) in [7, 11) is 3.03. The van der Waals surface area contributed by atoms with Crippen molar-refractivity contribution in [2.24, 2.45) is 4.99 Å². The van der Waals surface area contributed by atoms with Crippen LogP contribution < -0.4 is 24.4 Å². The number of rotatable bonds is 7. The van der Waals surface area contributed by atoms with Crippen molar-refractivity contribution in [3.05, 3.63) is 94.7 Å². The van der Waals surface area contributed by atoms with Crippen molar-refractivity contribution in [3.8, 4) is 11.5 Å². The van der Waals surface area contributed by atoms with Crippen LogP contribution in [-0.4, -0.2) is 36.3 Å². The lowest BCUT2D eigenvalue weighted by Gasteiger charge is -2.26. The van der Waals surface area contributed by atoms with Crippen molar-refractivity contribution in [3.63, 3.8) is 0 Å². The molecule has 4 rings (SSSR count). The van der Waals surface area contributed by atoms with Crippen molar-refractivity contribution >= 4 is 29.1 Å². The zero-order valence-electron chi connectivity index (χ0n) is 20.0. The van der Waals surface area contributed by atoms with E-state index >= 15 is 0 Å². The molecule has 0 bridgehead atoms. The van der Waals surface area contributed by atoms with Gasteiger partial charge >= 0.3 is 5.97 Å². The zero-order chi connectivity index (χ0) is 26.0. The number of allylic oxidation sites excluding steroid dienone is 1. The number of aromatic nitrogens is 1. The highest BCUT2D eigenvalue weighted by Crippen LogP contribution is 2.37. The number of carbonyl (C=O) groups is 1. The van der Waals surface area contributed by atoms with Crippen molar-refractivity contribution < 1.29 is 23.9 Å². The summed E-state index contributed by atoms with van der Waals surface area (Å²) in [6, 6.07) is 10.2. The molecule has 1 aromatic heterocycles. The standard InChI is InChI=1S/C25H23N3O7S/c1-5-35-24(30)21-14(2)26-25-27(22(21)18-11-10-17(33-3)13-19(18)34-4)23(29)20(36-25)12-15-6-8-16(9-7-15)28(31)32/h6-13,22H,5H2,1-4H3/b20-12-. The molecule has 2 heterocycles. The Kier molecular flexibility index (Phi) is 7.02. The van der Waals surface area contributed by atoms with Crippen LogP contribution in [0.25, 0.3) is 6.08 Å². The number of nitrogens with zero attached hydrogens (tertiary/aromatic N) is 3. The number of carbonyl (C=O) groups excluding carboxylic acids is 1. The van der Waals surface area contributed by atoms with Crippen LogP contribution in [0.5, 0.6) is 11.5 Å². The van der Waals surface area contributed by atoms with Gasteiger partial charge in [-0.05, 0) is 49.8 Å². The Labute approximate surface area is 209 Å². The van der Waals surface area contributed by atoms with Gasteiger partial charge in [0.05, 0.1) is 41.6 Å². The highest BCUT2D eigenvalue weighted by Gasteiger charge is 2.35. The molecule has 186 valence electrons. The second-order valence-electron chi connectivity index (χ2n) is 7.76. The maximum absolute atomic E-state index is 13.7. The maximum Gasteiger partial charge on any atom is 0.338 e. The lowest BCUT2D eigenvalue weighted by molar-refractivity contribution is -0.384. The molecule has 0 spiro atoms. The highest BCUT2D eigenvalue weighted by atomic mass is 32.1. The van der Waals surface area contributed by atoms with Gasteiger partial charge in [0.2, 0.25) is 0 Å². The molecule has 1 atom stereocenters. The van der Waals surface area contributed by atoms with E-state index in [4.69, 9.17) is 14.2 Å². The van der Waals surface area contributed by atoms with E-state index in [-0.39, 0.29) is 23.4 Å². The topological polar surface area (TPSA) is 122 Å². The summed E-state index contributed by atoms with van der Waals surface area (Å²) in [5.41, 5.74) is 1.43. The van der Waals surface area contributed by atoms with E-state index in [1.807, 2.05) is 0 Å². The molecule has 1 aliphatic rings. The number of benzene rings is 2. The van der Waals surface area contributed by atoms with E-state index in [9.17, 15) is 19.7 Å². The van der Waals surface area contributed by atoms with Gasteiger partial charge in [0.15, 0.2) is 4.80 Å². The minimum atomic E-state index is -0.847. The summed E-state index contributed by atoms with van der Waals surface area (Å²) in [6.45, 7) is 3.56. The van der Waals surface area contributed by atoms with E-state index in [0.29, 0.717) is 37.7 Å². The summed E-state index contributed by atoms with van der Waals surface area (Å²) < 4.78 is 18.0. The third-order valence-electron chi connectivity index (χ3n) is 5.65. The summed E-state index contributed by atoms with van der Waals surface area (Å²) in [5, 5.41) is 11.0. The number of hydrogen-bond donors (Lipinski definition) is 0. The van der Waals surface area contributed by atoms with E-state index in [2.05, 4.69) is 4.99 Å². The normalized spacial score (nSPS) is 15.2. The molecule has 10 nitrogen and oxygen atoms in total. The smallest absolute Gasteiger partial charge is 0.338 e. The van der Waals surface area contributed by atoms with Gasteiger partial charge in [-0.15, -0.1) is 0 Å². The Bertz CT molecular complexity index is 1550. The second kappa shape index (κ2) is 10.2. The SMILES string of the molecule is CCOC(=O)C1=C(C)N=c2s/c(=C\c3ccc([N+](=O)[O-])cc3)c(=O)n2C1c1ccc(OC)cc1OC. The molecule has 11 heteroatoms. The largest absolute Gasteiger partial charge is 0.497 e. The lowest BCUT2D eigenvalue weighted by Crippen LogP contribution is -2.40. The Hall–Kier alpha value is -4.25. The first kappa shape index (κ1) is 24.9. The number of methoxy groups -OCH3 is 2. The van der Waals surface area contributed by atoms with Crippen molar-refractivity contribution in [1.29, 1.82) is 0 Å². The molecular weight excluding hydrogens is 486 g/mol.